The molecule has 0 amide bonds. The summed E-state index contributed by atoms with van der Waals surface area (Å²) in [6, 6.07) is 0. The van der Waals surface area contributed by atoms with Gasteiger partial charge in [-0.15, -0.1) is 0 Å². The lowest BCUT2D eigenvalue weighted by molar-refractivity contribution is 0.577. The van der Waals surface area contributed by atoms with Crippen LogP contribution in [0.3, 0.4) is 0 Å². The van der Waals surface area contributed by atoms with Crippen LogP contribution in [0.5, 0.6) is 0 Å². The van der Waals surface area contributed by atoms with Crippen LogP contribution < -0.4 is 0 Å². The van der Waals surface area contributed by atoms with Crippen LogP contribution in [0.4, 0.5) is 0 Å². The predicted molar refractivity (Wildman–Crippen MR) is 89.1 cm³/mol. The van der Waals surface area contributed by atoms with E-state index >= 15 is 0 Å². The number of allylic oxidation sites excluding steroid dienone is 1. The molecule has 0 saturated carbocycles. The van der Waals surface area contributed by atoms with E-state index in [1.54, 1.807) is 6.08 Å². The van der Waals surface area contributed by atoms with Gasteiger partial charge < -0.3 is 0 Å². The summed E-state index contributed by atoms with van der Waals surface area (Å²) < 4.78 is 33.4. The van der Waals surface area contributed by atoms with Crippen LogP contribution in [-0.4, -0.2) is 29.7 Å². The molecule has 0 radical (unpaired) electrons. The molecule has 2 atom stereocenters. The Bertz CT molecular complexity index is 386. The van der Waals surface area contributed by atoms with Gasteiger partial charge in [-0.05, 0) is 12.8 Å². The van der Waals surface area contributed by atoms with Crippen molar-refractivity contribution in [3.05, 3.63) is 12.2 Å². The smallest absolute Gasteiger partial charge is 0.165 e. The Morgan fingerprint density at radius 3 is 1.95 bits per heavy atom. The molecule has 0 aliphatic carbocycles. The highest BCUT2D eigenvalue weighted by atomic mass is 32.3. The lowest BCUT2D eigenvalue weighted by atomic mass is 10.1. The molecule has 0 fully saturated rings. The highest BCUT2D eigenvalue weighted by Crippen LogP contribution is 2.11. The topological polar surface area (TPSA) is 51.2 Å². The van der Waals surface area contributed by atoms with Crippen LogP contribution in [0.25, 0.3) is 0 Å². The van der Waals surface area contributed by atoms with Crippen molar-refractivity contribution in [2.75, 3.05) is 12.5 Å². The maximum atomic E-state index is 11.4. The summed E-state index contributed by atoms with van der Waals surface area (Å²) in [5.74, 6) is 0. The van der Waals surface area contributed by atoms with Gasteiger partial charge >= 0.3 is 0 Å². The predicted octanol–water partition coefficient (Wildman–Crippen LogP) is 3.82. The maximum absolute atomic E-state index is 11.4. The van der Waals surface area contributed by atoms with Crippen molar-refractivity contribution in [1.29, 1.82) is 0 Å². The van der Waals surface area contributed by atoms with Gasteiger partial charge in [0.2, 0.25) is 0 Å². The maximum Gasteiger partial charge on any atom is 0.165 e. The van der Waals surface area contributed by atoms with Gasteiger partial charge in [-0.1, -0.05) is 64.0 Å². The Hall–Kier alpha value is -0.160. The molecule has 0 saturated heterocycles. The fraction of sp³-hybridized carbons (Fsp3) is 0.867. The van der Waals surface area contributed by atoms with Gasteiger partial charge in [0.25, 0.3) is 0 Å². The first-order valence-electron chi connectivity index (χ1n) is 7.57. The lowest BCUT2D eigenvalue weighted by Gasteiger charge is -2.06. The first kappa shape index (κ1) is 19.8. The van der Waals surface area contributed by atoms with Crippen molar-refractivity contribution in [2.24, 2.45) is 0 Å². The molecule has 0 N–H and O–H groups in total. The molecule has 120 valence electrons. The third kappa shape index (κ3) is 10.6. The van der Waals surface area contributed by atoms with E-state index in [4.69, 9.17) is 0 Å². The van der Waals surface area contributed by atoms with E-state index in [0.29, 0.717) is 0 Å². The first-order valence-corrected chi connectivity index (χ1v) is 11.1. The molecular weight excluding hydrogens is 292 g/mol. The van der Waals surface area contributed by atoms with E-state index < -0.39 is 25.2 Å². The molecular formula is C15H30O3S2. The van der Waals surface area contributed by atoms with E-state index in [-0.39, 0.29) is 0 Å². The third-order valence-corrected chi connectivity index (χ3v) is 6.94. The zero-order chi connectivity index (χ0) is 15.4. The van der Waals surface area contributed by atoms with Crippen LogP contribution in [-0.2, 0) is 20.6 Å². The second-order valence-electron chi connectivity index (χ2n) is 5.39. The largest absolute Gasteiger partial charge is 0.258 e. The van der Waals surface area contributed by atoms with Crippen LogP contribution in [0.2, 0.25) is 0 Å². The Kier molecular flexibility index (Phi) is 11.4. The monoisotopic (exact) mass is 322 g/mol. The van der Waals surface area contributed by atoms with Crippen molar-refractivity contribution < 1.29 is 12.6 Å². The fourth-order valence-corrected chi connectivity index (χ4v) is 4.80. The molecule has 2 unspecified atom stereocenters. The minimum absolute atomic E-state index is 0.850. The Morgan fingerprint density at radius 1 is 1.00 bits per heavy atom. The molecule has 3 nitrogen and oxygen atoms in total. The summed E-state index contributed by atoms with van der Waals surface area (Å²) in [7, 11) is -4.62. The highest BCUT2D eigenvalue weighted by Gasteiger charge is 2.20. The average Bonchev–Trinajstić information content (AvgIpc) is 2.34. The summed E-state index contributed by atoms with van der Waals surface area (Å²) in [5.41, 5.74) is 0. The fourth-order valence-electron chi connectivity index (χ4n) is 2.10. The van der Waals surface area contributed by atoms with E-state index in [1.165, 1.54) is 51.2 Å². The molecule has 0 aromatic carbocycles. The Labute approximate surface area is 127 Å². The van der Waals surface area contributed by atoms with Crippen molar-refractivity contribution in [1.82, 2.24) is 0 Å². The standard InChI is InChI=1S/C15H30O3S2/c1-4-5-6-7-8-9-10-11-12-13-14-15(19(2)16)20(3,17)18/h13-15H,4-12H2,1-3H3/b14-13+. The van der Waals surface area contributed by atoms with Crippen molar-refractivity contribution in [3.8, 4) is 0 Å². The van der Waals surface area contributed by atoms with Crippen molar-refractivity contribution in [3.63, 3.8) is 0 Å². The minimum Gasteiger partial charge on any atom is -0.258 e. The number of hydrogen-bond acceptors (Lipinski definition) is 3. The molecule has 0 aliphatic rings. The van der Waals surface area contributed by atoms with Gasteiger partial charge in [-0.2, -0.15) is 0 Å². The second kappa shape index (κ2) is 11.5. The van der Waals surface area contributed by atoms with Gasteiger partial charge in [0.1, 0.15) is 0 Å². The van der Waals surface area contributed by atoms with Crippen LogP contribution in [0, 0.1) is 0 Å². The number of sulfone groups is 1. The van der Waals surface area contributed by atoms with Gasteiger partial charge in [-0.3, -0.25) is 4.21 Å². The van der Waals surface area contributed by atoms with Gasteiger partial charge in [0.05, 0.1) is 0 Å². The Morgan fingerprint density at radius 2 is 1.50 bits per heavy atom. The Balaban J connectivity index is 3.73. The second-order valence-corrected chi connectivity index (χ2v) is 9.36. The zero-order valence-electron chi connectivity index (χ0n) is 13.1. The molecule has 0 aromatic heterocycles. The van der Waals surface area contributed by atoms with Crippen LogP contribution in [0.1, 0.15) is 64.7 Å². The average molecular weight is 323 g/mol. The van der Waals surface area contributed by atoms with Gasteiger partial charge in [-0.25, -0.2) is 8.42 Å². The molecule has 0 rings (SSSR count). The summed E-state index contributed by atoms with van der Waals surface area (Å²) >= 11 is 0. The summed E-state index contributed by atoms with van der Waals surface area (Å²) in [6.45, 7) is 2.22. The quantitative estimate of drug-likeness (QED) is 0.405. The zero-order valence-corrected chi connectivity index (χ0v) is 14.8. The van der Waals surface area contributed by atoms with E-state index in [1.807, 2.05) is 6.08 Å². The van der Waals surface area contributed by atoms with E-state index in [2.05, 4.69) is 6.92 Å². The highest BCUT2D eigenvalue weighted by molar-refractivity contribution is 8.05. The van der Waals surface area contributed by atoms with Crippen LogP contribution >= 0.6 is 0 Å². The SMILES string of the molecule is CCCCCCCCCC/C=C/C(S(C)=O)S(C)(=O)=O. The van der Waals surface area contributed by atoms with Crippen molar-refractivity contribution in [2.45, 2.75) is 69.3 Å². The third-order valence-electron chi connectivity index (χ3n) is 3.27. The lowest BCUT2D eigenvalue weighted by Crippen LogP contribution is -2.21. The summed E-state index contributed by atoms with van der Waals surface area (Å²) in [4.78, 5) is 0. The summed E-state index contributed by atoms with van der Waals surface area (Å²) in [5, 5.41) is 0. The minimum atomic E-state index is -3.26. The van der Waals surface area contributed by atoms with Crippen molar-refractivity contribution >= 4 is 20.6 Å². The molecule has 0 bridgehead atoms. The molecule has 0 spiro atoms. The molecule has 0 heterocycles. The number of hydrogen-bond donors (Lipinski definition) is 0. The molecule has 20 heavy (non-hydrogen) atoms. The van der Waals surface area contributed by atoms with E-state index in [0.717, 1.165) is 19.1 Å². The number of rotatable bonds is 12. The van der Waals surface area contributed by atoms with Gasteiger partial charge in [0, 0.05) is 23.3 Å². The molecule has 0 aromatic rings. The number of unbranched alkanes of at least 4 members (excludes halogenated alkanes) is 8. The normalized spacial score (nSPS) is 15.6. The summed E-state index contributed by atoms with van der Waals surface area (Å²) in [6.07, 6.45) is 17.0. The molecule has 0 aliphatic heterocycles. The molecule has 5 heteroatoms. The van der Waals surface area contributed by atoms with E-state index in [9.17, 15) is 12.6 Å². The first-order chi connectivity index (χ1) is 9.39. The van der Waals surface area contributed by atoms with Crippen LogP contribution in [0.15, 0.2) is 12.2 Å². The van der Waals surface area contributed by atoms with Gasteiger partial charge in [0.15, 0.2) is 14.4 Å².